The molecule has 4 rings (SSSR count). The van der Waals surface area contributed by atoms with Crippen molar-refractivity contribution in [3.05, 3.63) is 59.2 Å². The maximum absolute atomic E-state index is 13.2. The van der Waals surface area contributed by atoms with Crippen molar-refractivity contribution in [3.8, 4) is 11.5 Å². The average Bonchev–Trinajstić information content (AvgIpc) is 3.27. The molecule has 0 aliphatic carbocycles. The number of hydrogen-bond donors (Lipinski definition) is 10. The molecule has 0 atom stereocenters. The predicted octanol–water partition coefficient (Wildman–Crippen LogP) is 3.18. The van der Waals surface area contributed by atoms with E-state index >= 15 is 0 Å². The highest BCUT2D eigenvalue weighted by molar-refractivity contribution is 7.92. The minimum Gasteiger partial charge on any atom is -0.495 e. The van der Waals surface area contributed by atoms with Crippen LogP contribution in [0.1, 0.15) is 21.5 Å². The molecule has 0 spiro atoms. The molecule has 0 heterocycles. The smallest absolute Gasteiger partial charge is 0.397 e. The summed E-state index contributed by atoms with van der Waals surface area (Å²) < 4.78 is 167. The normalized spacial score (nSPS) is 12.7. The first-order valence-electron chi connectivity index (χ1n) is 18.6. The maximum atomic E-state index is 13.2. The Kier molecular flexibility index (Phi) is 18.3. The molecule has 0 unspecified atom stereocenters. The molecule has 0 aromatic heterocycles. The first kappa shape index (κ1) is 56.7. The van der Waals surface area contributed by atoms with Gasteiger partial charge in [-0.1, -0.05) is 0 Å². The third-order valence-corrected chi connectivity index (χ3v) is 14.1. The largest absolute Gasteiger partial charge is 0.495 e. The van der Waals surface area contributed by atoms with Crippen molar-refractivity contribution in [2.75, 3.05) is 55.9 Å². The Hall–Kier alpha value is -6.91. The number of anilines is 3. The van der Waals surface area contributed by atoms with Crippen molar-refractivity contribution in [1.82, 2.24) is 0 Å². The van der Waals surface area contributed by atoms with Gasteiger partial charge in [0.1, 0.15) is 54.5 Å². The summed E-state index contributed by atoms with van der Waals surface area (Å²) >= 11 is 0. The third kappa shape index (κ3) is 14.6. The molecule has 0 fully saturated rings. The Labute approximate surface area is 401 Å². The summed E-state index contributed by atoms with van der Waals surface area (Å²) in [7, 11) is -22.2. The number of rotatable bonds is 25. The number of nitrogens with one attached hydrogen (secondary N) is 2. The van der Waals surface area contributed by atoms with Gasteiger partial charge in [0.2, 0.25) is 6.40 Å². The van der Waals surface area contributed by atoms with Gasteiger partial charge in [0.25, 0.3) is 10.1 Å². The van der Waals surface area contributed by atoms with Crippen LogP contribution in [0.15, 0.2) is 87.8 Å². The molecule has 0 saturated heterocycles. The van der Waals surface area contributed by atoms with Crippen LogP contribution in [0.2, 0.25) is 0 Å². The predicted molar refractivity (Wildman–Crippen MR) is 241 cm³/mol. The number of ether oxygens (including phenoxy) is 2. The molecular weight excluding hydrogens is 1060 g/mol. The summed E-state index contributed by atoms with van der Waals surface area (Å²) in [6, 6.07) is 6.31. The van der Waals surface area contributed by atoms with Crippen LogP contribution in [0, 0.1) is 5.41 Å². The highest BCUT2D eigenvalue weighted by atomic mass is 32.3. The third-order valence-electron chi connectivity index (χ3n) is 8.86. The summed E-state index contributed by atoms with van der Waals surface area (Å²) in [6.45, 7) is -4.04. The number of sulfone groups is 2. The molecule has 0 bridgehead atoms. The second-order valence-corrected chi connectivity index (χ2v) is 21.1. The molecule has 37 heteroatoms. The number of nitrogens with two attached hydrogens (primary N) is 2. The first-order valence-corrected chi connectivity index (χ1v) is 26.1. The number of carboxylic acid groups (broad SMARTS) is 1. The van der Waals surface area contributed by atoms with Crippen LogP contribution in [0.4, 0.5) is 51.2 Å². The second-order valence-electron chi connectivity index (χ2n) is 13.4. The Morgan fingerprint density at radius 1 is 0.634 bits per heavy atom. The van der Waals surface area contributed by atoms with E-state index < -0.39 is 166 Å². The quantitative estimate of drug-likeness (QED) is 0.0114. The molecule has 0 radical (unpaired) electrons. The van der Waals surface area contributed by atoms with E-state index in [4.69, 9.17) is 35.5 Å². The first-order chi connectivity index (χ1) is 33.0. The standard InChI is InChI=1S/C34H38N10O22S5/c1-62-23-12-20(17(14-45)9-26(23)67(49,50)7-5-65-70(56,57)58)38-41-31-28(34(47)48)32(42-40-22-11-19(44-64-16-35)3-4-25(22)69(53,54)55)30(37)33(29(31)36)43-39-21-13-24(63-2)27(10-18(21)15-46)68(51,52)8-6-66-71(59,60)61/h3-4,9-13,16,35,44-46H,5-8,14-15,36-37H2,1-2H3,(H,47,48)(H,53,54,55)(H,56,57,58)(H,59,60,61). The van der Waals surface area contributed by atoms with Crippen molar-refractivity contribution in [2.45, 2.75) is 27.9 Å². The number of carboxylic acids is 1. The molecule has 4 aromatic carbocycles. The Bertz CT molecular complexity index is 3410. The lowest BCUT2D eigenvalue weighted by atomic mass is 10.1. The zero-order valence-electron chi connectivity index (χ0n) is 36.0. The van der Waals surface area contributed by atoms with Gasteiger partial charge in [-0.3, -0.25) is 19.1 Å². The number of aliphatic hydroxyl groups is 2. The minimum atomic E-state index is -5.10. The van der Waals surface area contributed by atoms with Gasteiger partial charge in [-0.15, -0.1) is 30.7 Å². The van der Waals surface area contributed by atoms with E-state index in [0.29, 0.717) is 6.40 Å². The second kappa shape index (κ2) is 22.9. The van der Waals surface area contributed by atoms with E-state index in [2.05, 4.69) is 49.4 Å². The number of azo groups is 3. The van der Waals surface area contributed by atoms with Gasteiger partial charge in [0.05, 0.1) is 80.6 Å². The van der Waals surface area contributed by atoms with E-state index in [1.807, 2.05) is 0 Å². The van der Waals surface area contributed by atoms with Gasteiger partial charge in [0, 0.05) is 23.3 Å². The zero-order chi connectivity index (χ0) is 53.3. The van der Waals surface area contributed by atoms with Crippen molar-refractivity contribution < 1.29 is 98.5 Å². The summed E-state index contributed by atoms with van der Waals surface area (Å²) in [5.41, 5.74) is 7.61. The van der Waals surface area contributed by atoms with Crippen LogP contribution < -0.4 is 26.4 Å². The van der Waals surface area contributed by atoms with E-state index in [9.17, 15) is 66.8 Å². The SMILES string of the molecule is COc1cc(N=Nc2c(N)c(N=Nc3cc(OC)c(S(=O)(=O)CCOS(=O)(=O)O)cc3CO)c(C(=O)O)c(N=Nc3cc(NOC=N)ccc3S(=O)(=O)O)c2N)c(CO)cc1S(=O)(=O)CCOS(=O)(=O)O. The number of benzene rings is 4. The van der Waals surface area contributed by atoms with Gasteiger partial charge in [0.15, 0.2) is 19.7 Å². The summed E-state index contributed by atoms with van der Waals surface area (Å²) in [5.74, 6) is -4.95. The fraction of sp³-hybridized carbons (Fsp3) is 0.235. The summed E-state index contributed by atoms with van der Waals surface area (Å²) in [5, 5.41) is 61.5. The van der Waals surface area contributed by atoms with Gasteiger partial charge < -0.3 is 41.1 Å². The molecule has 0 amide bonds. The van der Waals surface area contributed by atoms with Gasteiger partial charge >= 0.3 is 26.8 Å². The van der Waals surface area contributed by atoms with Crippen LogP contribution in [0.3, 0.4) is 0 Å². The van der Waals surface area contributed by atoms with Crippen LogP contribution in [0.25, 0.3) is 0 Å². The van der Waals surface area contributed by atoms with E-state index in [1.165, 1.54) is 0 Å². The Morgan fingerprint density at radius 3 is 1.42 bits per heavy atom. The van der Waals surface area contributed by atoms with Crippen molar-refractivity contribution >= 4 is 114 Å². The maximum Gasteiger partial charge on any atom is 0.397 e. The number of hydrogen-bond acceptors (Lipinski definition) is 28. The summed E-state index contributed by atoms with van der Waals surface area (Å²) in [6.07, 6.45) is 0.448. The monoisotopic (exact) mass is 1100 g/mol. The molecule has 0 aliphatic heterocycles. The number of nitrogen functional groups attached to an aromatic ring is 2. The van der Waals surface area contributed by atoms with E-state index in [-0.39, 0.29) is 22.5 Å². The molecule has 0 aliphatic rings. The topological polar surface area (TPSA) is 517 Å². The average molecular weight is 1100 g/mol. The lowest BCUT2D eigenvalue weighted by molar-refractivity contribution is 0.0698. The Morgan fingerprint density at radius 2 is 1.06 bits per heavy atom. The zero-order valence-corrected chi connectivity index (χ0v) is 40.0. The lowest BCUT2D eigenvalue weighted by Crippen LogP contribution is -2.16. The summed E-state index contributed by atoms with van der Waals surface area (Å²) in [4.78, 5) is 15.6. The van der Waals surface area contributed by atoms with E-state index in [1.54, 1.807) is 0 Å². The fourth-order valence-corrected chi connectivity index (χ4v) is 9.69. The van der Waals surface area contributed by atoms with Crippen molar-refractivity contribution in [3.63, 3.8) is 0 Å². The fourth-order valence-electron chi connectivity index (χ4n) is 5.70. The number of aromatic carboxylic acids is 1. The molecule has 4 aromatic rings. The van der Waals surface area contributed by atoms with Crippen LogP contribution in [0.5, 0.6) is 11.5 Å². The molecule has 0 saturated carbocycles. The molecule has 12 N–H and O–H groups in total. The Balaban J connectivity index is 2.05. The number of methoxy groups -OCH3 is 2. The molecular formula is C34H38N10O22S5. The number of nitrogens with zero attached hydrogens (tertiary/aromatic N) is 6. The molecule has 71 heavy (non-hydrogen) atoms. The number of aliphatic hydroxyl groups excluding tert-OH is 2. The molecule has 32 nitrogen and oxygen atoms in total. The molecule has 386 valence electrons. The highest BCUT2D eigenvalue weighted by Gasteiger charge is 2.29. The number of carbonyl (C=O) groups is 1. The van der Waals surface area contributed by atoms with Gasteiger partial charge in [-0.05, 0) is 30.3 Å². The van der Waals surface area contributed by atoms with Crippen molar-refractivity contribution in [1.29, 1.82) is 5.41 Å². The van der Waals surface area contributed by atoms with Crippen LogP contribution in [-0.2, 0) is 77.0 Å². The van der Waals surface area contributed by atoms with E-state index in [0.717, 1.165) is 56.7 Å². The van der Waals surface area contributed by atoms with Gasteiger partial charge in [-0.2, -0.15) is 25.3 Å². The highest BCUT2D eigenvalue weighted by Crippen LogP contribution is 2.50. The lowest BCUT2D eigenvalue weighted by Gasteiger charge is -2.15. The van der Waals surface area contributed by atoms with Crippen LogP contribution in [-0.4, -0.2) is 122 Å². The van der Waals surface area contributed by atoms with Crippen LogP contribution >= 0.6 is 0 Å². The minimum absolute atomic E-state index is 0.0942. The van der Waals surface area contributed by atoms with Gasteiger partial charge in [-0.25, -0.2) is 35.5 Å². The van der Waals surface area contributed by atoms with Crippen molar-refractivity contribution in [2.24, 2.45) is 30.7 Å².